The monoisotopic (exact) mass is 319 g/mol. The van der Waals surface area contributed by atoms with Crippen molar-refractivity contribution in [3.63, 3.8) is 0 Å². The van der Waals surface area contributed by atoms with Crippen molar-refractivity contribution in [2.45, 2.75) is 6.92 Å². The number of Topliss-reactive ketones (excluding diaryl/α,β-unsaturated/α-hetero) is 1. The van der Waals surface area contributed by atoms with Gasteiger partial charge >= 0.3 is 11.8 Å². The Bertz CT molecular complexity index is 582. The molecule has 7 nitrogen and oxygen atoms in total. The first-order chi connectivity index (χ1) is 11.1. The summed E-state index contributed by atoms with van der Waals surface area (Å²) in [5.74, 6) is -1.53. The number of ketones is 1. The molecule has 0 saturated carbocycles. The zero-order valence-corrected chi connectivity index (χ0v) is 13.1. The predicted molar refractivity (Wildman–Crippen MR) is 85.3 cm³/mol. The van der Waals surface area contributed by atoms with E-state index in [1.165, 1.54) is 6.92 Å². The van der Waals surface area contributed by atoms with Crippen LogP contribution in [0.3, 0.4) is 0 Å². The summed E-state index contributed by atoms with van der Waals surface area (Å²) >= 11 is 0. The van der Waals surface area contributed by atoms with Crippen LogP contribution in [-0.2, 0) is 14.3 Å². The summed E-state index contributed by atoms with van der Waals surface area (Å²) in [6.07, 6.45) is 0. The number of carbonyl (C=O) groups excluding carboxylic acids is 3. The van der Waals surface area contributed by atoms with Crippen LogP contribution in [0.25, 0.3) is 0 Å². The van der Waals surface area contributed by atoms with Crippen molar-refractivity contribution < 1.29 is 19.1 Å². The Kier molecular flexibility index (Phi) is 6.25. The number of hydrogen-bond donors (Lipinski definition) is 2. The van der Waals surface area contributed by atoms with Crippen molar-refractivity contribution in [3.05, 3.63) is 29.8 Å². The number of benzene rings is 1. The van der Waals surface area contributed by atoms with Crippen LogP contribution in [0.2, 0.25) is 0 Å². The Labute approximate surface area is 135 Å². The van der Waals surface area contributed by atoms with E-state index in [0.29, 0.717) is 37.6 Å². The van der Waals surface area contributed by atoms with Gasteiger partial charge in [0.1, 0.15) is 0 Å². The highest BCUT2D eigenvalue weighted by molar-refractivity contribution is 6.39. The summed E-state index contributed by atoms with van der Waals surface area (Å²) in [5, 5.41) is 5.08. The molecule has 2 N–H and O–H groups in total. The van der Waals surface area contributed by atoms with E-state index >= 15 is 0 Å². The highest BCUT2D eigenvalue weighted by atomic mass is 16.5. The zero-order valence-electron chi connectivity index (χ0n) is 13.1. The number of ether oxygens (including phenoxy) is 1. The maximum atomic E-state index is 11.8. The lowest BCUT2D eigenvalue weighted by Crippen LogP contribution is -2.43. The highest BCUT2D eigenvalue weighted by Crippen LogP contribution is 2.10. The first kappa shape index (κ1) is 17.1. The molecule has 0 unspecified atom stereocenters. The lowest BCUT2D eigenvalue weighted by Gasteiger charge is -2.26. The summed E-state index contributed by atoms with van der Waals surface area (Å²) < 4.78 is 5.24. The van der Waals surface area contributed by atoms with Crippen molar-refractivity contribution in [1.29, 1.82) is 0 Å². The second-order valence-electron chi connectivity index (χ2n) is 5.30. The lowest BCUT2D eigenvalue weighted by atomic mass is 10.1. The van der Waals surface area contributed by atoms with Gasteiger partial charge in [-0.1, -0.05) is 12.1 Å². The quantitative estimate of drug-likeness (QED) is 0.601. The van der Waals surface area contributed by atoms with E-state index in [2.05, 4.69) is 15.5 Å². The van der Waals surface area contributed by atoms with Gasteiger partial charge in [0.2, 0.25) is 0 Å². The van der Waals surface area contributed by atoms with E-state index in [9.17, 15) is 14.4 Å². The molecule has 0 radical (unpaired) electrons. The van der Waals surface area contributed by atoms with Gasteiger partial charge in [0, 0.05) is 37.4 Å². The third-order valence-electron chi connectivity index (χ3n) is 3.55. The van der Waals surface area contributed by atoms with Gasteiger partial charge < -0.3 is 15.4 Å². The van der Waals surface area contributed by atoms with Gasteiger partial charge in [-0.25, -0.2) is 0 Å². The zero-order chi connectivity index (χ0) is 16.7. The number of nitrogens with one attached hydrogen (secondary N) is 2. The van der Waals surface area contributed by atoms with Crippen LogP contribution in [-0.4, -0.2) is 61.9 Å². The minimum atomic E-state index is -0.743. The molecule has 2 rings (SSSR count). The average Bonchev–Trinajstić information content (AvgIpc) is 2.56. The standard InChI is InChI=1S/C16H21N3O4/c1-12(20)13-3-2-4-14(11-13)18-16(22)15(21)17-5-6-19-7-9-23-10-8-19/h2-4,11H,5-10H2,1H3,(H,17,21)(H,18,22). The Morgan fingerprint density at radius 2 is 1.91 bits per heavy atom. The van der Waals surface area contributed by atoms with Crippen molar-refractivity contribution in [3.8, 4) is 0 Å². The maximum absolute atomic E-state index is 11.8. The number of hydrogen-bond acceptors (Lipinski definition) is 5. The van der Waals surface area contributed by atoms with E-state index in [-0.39, 0.29) is 5.78 Å². The summed E-state index contributed by atoms with van der Waals surface area (Å²) in [7, 11) is 0. The fourth-order valence-electron chi connectivity index (χ4n) is 2.24. The van der Waals surface area contributed by atoms with E-state index in [4.69, 9.17) is 4.74 Å². The second-order valence-corrected chi connectivity index (χ2v) is 5.30. The Morgan fingerprint density at radius 3 is 2.61 bits per heavy atom. The van der Waals surface area contributed by atoms with Crippen LogP contribution >= 0.6 is 0 Å². The topological polar surface area (TPSA) is 87.7 Å². The largest absolute Gasteiger partial charge is 0.379 e. The summed E-state index contributed by atoms with van der Waals surface area (Å²) in [6, 6.07) is 6.48. The SMILES string of the molecule is CC(=O)c1cccc(NC(=O)C(=O)NCCN2CCOCC2)c1. The van der Waals surface area contributed by atoms with E-state index < -0.39 is 11.8 Å². The van der Waals surface area contributed by atoms with Crippen molar-refractivity contribution in [2.24, 2.45) is 0 Å². The lowest BCUT2D eigenvalue weighted by molar-refractivity contribution is -0.136. The van der Waals surface area contributed by atoms with Crippen LogP contribution in [0.4, 0.5) is 5.69 Å². The molecule has 1 aliphatic heterocycles. The number of amides is 2. The van der Waals surface area contributed by atoms with Crippen molar-refractivity contribution in [2.75, 3.05) is 44.7 Å². The summed E-state index contributed by atoms with van der Waals surface area (Å²) in [4.78, 5) is 37.1. The molecule has 7 heteroatoms. The molecule has 0 aromatic heterocycles. The van der Waals surface area contributed by atoms with E-state index in [0.717, 1.165) is 13.1 Å². The van der Waals surface area contributed by atoms with Crippen molar-refractivity contribution in [1.82, 2.24) is 10.2 Å². The molecule has 23 heavy (non-hydrogen) atoms. The molecule has 0 aliphatic carbocycles. The molecule has 1 saturated heterocycles. The molecule has 1 aliphatic rings. The van der Waals surface area contributed by atoms with Crippen molar-refractivity contribution >= 4 is 23.3 Å². The van der Waals surface area contributed by atoms with E-state index in [1.54, 1.807) is 24.3 Å². The number of anilines is 1. The molecule has 0 spiro atoms. The molecule has 1 fully saturated rings. The first-order valence-electron chi connectivity index (χ1n) is 7.56. The third-order valence-corrected chi connectivity index (χ3v) is 3.55. The van der Waals surface area contributed by atoms with Crippen LogP contribution < -0.4 is 10.6 Å². The van der Waals surface area contributed by atoms with Crippen LogP contribution in [0.1, 0.15) is 17.3 Å². The smallest absolute Gasteiger partial charge is 0.313 e. The number of carbonyl (C=O) groups is 3. The van der Waals surface area contributed by atoms with Crippen LogP contribution in [0.5, 0.6) is 0 Å². The Balaban J connectivity index is 1.77. The Hall–Kier alpha value is -2.25. The second kappa shape index (κ2) is 8.40. The Morgan fingerprint density at radius 1 is 1.17 bits per heavy atom. The van der Waals surface area contributed by atoms with Gasteiger partial charge in [-0.2, -0.15) is 0 Å². The molecular weight excluding hydrogens is 298 g/mol. The van der Waals surface area contributed by atoms with Gasteiger partial charge in [0.25, 0.3) is 0 Å². The predicted octanol–water partition coefficient (Wildman–Crippen LogP) is 0.276. The van der Waals surface area contributed by atoms with Gasteiger partial charge in [-0.15, -0.1) is 0 Å². The van der Waals surface area contributed by atoms with Crippen LogP contribution in [0, 0.1) is 0 Å². The molecular formula is C16H21N3O4. The first-order valence-corrected chi connectivity index (χ1v) is 7.56. The van der Waals surface area contributed by atoms with Gasteiger partial charge in [-0.05, 0) is 19.1 Å². The fourth-order valence-corrected chi connectivity index (χ4v) is 2.24. The molecule has 124 valence electrons. The number of nitrogens with zero attached hydrogens (tertiary/aromatic N) is 1. The minimum Gasteiger partial charge on any atom is -0.379 e. The van der Waals surface area contributed by atoms with Gasteiger partial charge in [0.05, 0.1) is 13.2 Å². The molecule has 1 heterocycles. The molecule has 0 bridgehead atoms. The number of morpholine rings is 1. The molecule has 1 aromatic rings. The summed E-state index contributed by atoms with van der Waals surface area (Å²) in [6.45, 7) is 5.59. The minimum absolute atomic E-state index is 0.101. The number of rotatable bonds is 5. The fraction of sp³-hybridized carbons (Fsp3) is 0.438. The molecule has 0 atom stereocenters. The van der Waals surface area contributed by atoms with Crippen LogP contribution in [0.15, 0.2) is 24.3 Å². The normalized spacial score (nSPS) is 15.0. The maximum Gasteiger partial charge on any atom is 0.313 e. The summed E-state index contributed by atoms with van der Waals surface area (Å²) in [5.41, 5.74) is 0.904. The van der Waals surface area contributed by atoms with Gasteiger partial charge in [0.15, 0.2) is 5.78 Å². The highest BCUT2D eigenvalue weighted by Gasteiger charge is 2.15. The van der Waals surface area contributed by atoms with Gasteiger partial charge in [-0.3, -0.25) is 19.3 Å². The molecule has 2 amide bonds. The van der Waals surface area contributed by atoms with E-state index in [1.807, 2.05) is 0 Å². The third kappa shape index (κ3) is 5.46. The average molecular weight is 319 g/mol. The molecule has 1 aromatic carbocycles.